The zero-order chi connectivity index (χ0) is 18.0. The number of halogens is 2. The topological polar surface area (TPSA) is 86.7 Å². The van der Waals surface area contributed by atoms with Crippen LogP contribution in [0.25, 0.3) is 0 Å². The molecule has 1 aliphatic carbocycles. The molecule has 0 saturated heterocycles. The van der Waals surface area contributed by atoms with Crippen LogP contribution in [-0.4, -0.2) is 23.5 Å². The van der Waals surface area contributed by atoms with Crippen molar-refractivity contribution in [2.75, 3.05) is 0 Å². The largest absolute Gasteiger partial charge is 0.426 e. The minimum Gasteiger partial charge on any atom is -0.426 e. The number of fused-ring (bicyclic) bond motifs is 1. The van der Waals surface area contributed by atoms with E-state index >= 15 is 0 Å². The van der Waals surface area contributed by atoms with Crippen molar-refractivity contribution in [3.63, 3.8) is 0 Å². The summed E-state index contributed by atoms with van der Waals surface area (Å²) >= 11 is 11.6. The second-order valence-corrected chi connectivity index (χ2v) is 5.51. The van der Waals surface area contributed by atoms with Gasteiger partial charge in [0.1, 0.15) is 21.6 Å². The molecule has 126 valence electrons. The van der Waals surface area contributed by atoms with Crippen LogP contribution < -0.4 is 9.47 Å². The average molecular weight is 371 g/mol. The lowest BCUT2D eigenvalue weighted by molar-refractivity contribution is -0.135. The maximum absolute atomic E-state index is 12.4. The van der Waals surface area contributed by atoms with Gasteiger partial charge in [-0.15, -0.1) is 0 Å². The van der Waals surface area contributed by atoms with Crippen LogP contribution in [0, 0.1) is 0 Å². The van der Waals surface area contributed by atoms with Crippen molar-refractivity contribution in [1.82, 2.24) is 0 Å². The van der Waals surface area contributed by atoms with Gasteiger partial charge in [0.2, 0.25) is 11.6 Å². The molecular formula is C16H12Cl2O6. The lowest BCUT2D eigenvalue weighted by atomic mass is 9.92. The van der Waals surface area contributed by atoms with E-state index in [0.717, 1.165) is 0 Å². The second kappa shape index (κ2) is 7.15. The van der Waals surface area contributed by atoms with Crippen LogP contribution >= 0.6 is 23.2 Å². The van der Waals surface area contributed by atoms with Gasteiger partial charge >= 0.3 is 11.9 Å². The third-order valence-corrected chi connectivity index (χ3v) is 4.02. The number of Topliss-reactive ketones (excluding diaryl/α,β-unsaturated/α-hetero) is 2. The molecule has 0 aromatic heterocycles. The quantitative estimate of drug-likeness (QED) is 0.596. The van der Waals surface area contributed by atoms with Crippen molar-refractivity contribution in [1.29, 1.82) is 0 Å². The van der Waals surface area contributed by atoms with Crippen LogP contribution in [0.15, 0.2) is 22.2 Å². The fourth-order valence-corrected chi connectivity index (χ4v) is 2.35. The van der Waals surface area contributed by atoms with E-state index in [4.69, 9.17) is 32.7 Å². The summed E-state index contributed by atoms with van der Waals surface area (Å²) in [7, 11) is 0. The first-order valence-corrected chi connectivity index (χ1v) is 7.80. The van der Waals surface area contributed by atoms with Crippen LogP contribution in [0.2, 0.25) is 0 Å². The van der Waals surface area contributed by atoms with Crippen LogP contribution in [0.1, 0.15) is 47.4 Å². The van der Waals surface area contributed by atoms with E-state index in [1.807, 2.05) is 0 Å². The highest BCUT2D eigenvalue weighted by Crippen LogP contribution is 2.40. The van der Waals surface area contributed by atoms with Gasteiger partial charge in [0.05, 0.1) is 11.1 Å². The van der Waals surface area contributed by atoms with Gasteiger partial charge in [0.15, 0.2) is 0 Å². The minimum atomic E-state index is -0.787. The lowest BCUT2D eigenvalue weighted by Crippen LogP contribution is -2.22. The molecule has 0 atom stereocenters. The van der Waals surface area contributed by atoms with E-state index < -0.39 is 33.6 Å². The number of rotatable bonds is 4. The molecule has 0 N–H and O–H groups in total. The van der Waals surface area contributed by atoms with E-state index in [2.05, 4.69) is 0 Å². The second-order valence-electron chi connectivity index (χ2n) is 4.75. The predicted molar refractivity (Wildman–Crippen MR) is 85.7 cm³/mol. The molecule has 8 heteroatoms. The third kappa shape index (κ3) is 3.20. The third-order valence-electron chi connectivity index (χ3n) is 3.20. The number of hydrogen-bond donors (Lipinski definition) is 0. The molecule has 0 saturated carbocycles. The van der Waals surface area contributed by atoms with Crippen LogP contribution in [-0.2, 0) is 9.59 Å². The summed E-state index contributed by atoms with van der Waals surface area (Å²) in [6.45, 7) is 3.14. The number of hydrogen-bond acceptors (Lipinski definition) is 6. The maximum Gasteiger partial charge on any atom is 0.310 e. The van der Waals surface area contributed by atoms with Gasteiger partial charge in [0, 0.05) is 12.8 Å². The number of carbonyl (C=O) groups excluding carboxylic acids is 4. The summed E-state index contributed by atoms with van der Waals surface area (Å²) in [5.74, 6) is -3.07. The molecule has 6 nitrogen and oxygen atoms in total. The van der Waals surface area contributed by atoms with Gasteiger partial charge in [-0.3, -0.25) is 19.2 Å². The first-order chi connectivity index (χ1) is 11.3. The van der Waals surface area contributed by atoms with Crippen molar-refractivity contribution >= 4 is 46.7 Å². The first-order valence-electron chi connectivity index (χ1n) is 7.04. The molecular weight excluding hydrogens is 359 g/mol. The molecule has 1 aliphatic rings. The molecule has 2 rings (SSSR count). The Bertz CT molecular complexity index is 729. The highest BCUT2D eigenvalue weighted by Gasteiger charge is 2.37. The van der Waals surface area contributed by atoms with E-state index in [1.54, 1.807) is 13.8 Å². The molecule has 24 heavy (non-hydrogen) atoms. The molecule has 0 unspecified atom stereocenters. The number of benzene rings is 1. The normalized spacial score (nSPS) is 13.7. The number of carbonyl (C=O) groups is 4. The molecule has 0 bridgehead atoms. The summed E-state index contributed by atoms with van der Waals surface area (Å²) in [6, 6.07) is 2.53. The highest BCUT2D eigenvalue weighted by atomic mass is 35.5. The van der Waals surface area contributed by atoms with E-state index in [0.29, 0.717) is 0 Å². The SMILES string of the molecule is CCC(=O)Oc1ccc(OC(=O)CC)c2c1C(=O)C(Cl)=C(Cl)C2=O. The highest BCUT2D eigenvalue weighted by molar-refractivity contribution is 6.59. The summed E-state index contributed by atoms with van der Waals surface area (Å²) in [5.41, 5.74) is -0.504. The Kier molecular flexibility index (Phi) is 5.41. The molecule has 0 aliphatic heterocycles. The predicted octanol–water partition coefficient (Wildman–Crippen LogP) is 3.39. The summed E-state index contributed by atoms with van der Waals surface area (Å²) in [5, 5.41) is -0.969. The number of ketones is 2. The summed E-state index contributed by atoms with van der Waals surface area (Å²) in [4.78, 5) is 47.9. The molecule has 0 radical (unpaired) electrons. The Balaban J connectivity index is 2.68. The Labute approximate surface area is 147 Å². The zero-order valence-electron chi connectivity index (χ0n) is 12.8. The van der Waals surface area contributed by atoms with Gasteiger partial charge in [0.25, 0.3) is 0 Å². The van der Waals surface area contributed by atoms with Gasteiger partial charge in [-0.2, -0.15) is 0 Å². The van der Waals surface area contributed by atoms with Crippen molar-refractivity contribution in [2.45, 2.75) is 26.7 Å². The number of esters is 2. The van der Waals surface area contributed by atoms with Gasteiger partial charge < -0.3 is 9.47 Å². The molecule has 0 amide bonds. The van der Waals surface area contributed by atoms with E-state index in [-0.39, 0.29) is 35.5 Å². The van der Waals surface area contributed by atoms with Crippen molar-refractivity contribution in [3.8, 4) is 11.5 Å². The average Bonchev–Trinajstić information content (AvgIpc) is 2.58. The van der Waals surface area contributed by atoms with Crippen molar-refractivity contribution < 1.29 is 28.7 Å². The molecule has 1 aromatic rings. The molecule has 0 heterocycles. The standard InChI is InChI=1S/C16H12Cl2O6/c1-3-9(19)23-7-5-6-8(24-10(20)4-2)12-11(7)15(21)13(17)14(18)16(12)22/h5-6H,3-4H2,1-2H3. The van der Waals surface area contributed by atoms with Crippen LogP contribution in [0.5, 0.6) is 11.5 Å². The summed E-state index contributed by atoms with van der Waals surface area (Å²) < 4.78 is 10.1. The Hall–Kier alpha value is -2.18. The lowest BCUT2D eigenvalue weighted by Gasteiger charge is -2.19. The minimum absolute atomic E-state index is 0.0633. The molecule has 0 fully saturated rings. The smallest absolute Gasteiger partial charge is 0.310 e. The van der Waals surface area contributed by atoms with Gasteiger partial charge in [-0.05, 0) is 12.1 Å². The van der Waals surface area contributed by atoms with Crippen molar-refractivity contribution in [3.05, 3.63) is 33.3 Å². The fraction of sp³-hybridized carbons (Fsp3) is 0.250. The summed E-state index contributed by atoms with van der Waals surface area (Å²) in [6.07, 6.45) is 0.127. The first kappa shape index (κ1) is 18.2. The van der Waals surface area contributed by atoms with Gasteiger partial charge in [-0.25, -0.2) is 0 Å². The zero-order valence-corrected chi connectivity index (χ0v) is 14.3. The number of ether oxygens (including phenoxy) is 2. The Morgan fingerprint density at radius 3 is 1.46 bits per heavy atom. The van der Waals surface area contributed by atoms with E-state index in [9.17, 15) is 19.2 Å². The maximum atomic E-state index is 12.4. The van der Waals surface area contributed by atoms with Crippen molar-refractivity contribution in [2.24, 2.45) is 0 Å². The number of allylic oxidation sites excluding steroid dienone is 2. The molecule has 0 spiro atoms. The van der Waals surface area contributed by atoms with Crippen LogP contribution in [0.3, 0.4) is 0 Å². The Morgan fingerprint density at radius 2 is 1.17 bits per heavy atom. The van der Waals surface area contributed by atoms with Crippen LogP contribution in [0.4, 0.5) is 0 Å². The molecule has 1 aromatic carbocycles. The van der Waals surface area contributed by atoms with E-state index in [1.165, 1.54) is 12.1 Å². The monoisotopic (exact) mass is 370 g/mol. The Morgan fingerprint density at radius 1 is 0.833 bits per heavy atom. The van der Waals surface area contributed by atoms with Gasteiger partial charge in [-0.1, -0.05) is 37.0 Å². The fourth-order valence-electron chi connectivity index (χ4n) is 1.99.